The number of ketones is 1. The van der Waals surface area contributed by atoms with Gasteiger partial charge < -0.3 is 28.4 Å². The van der Waals surface area contributed by atoms with Crippen molar-refractivity contribution in [1.29, 1.82) is 0 Å². The van der Waals surface area contributed by atoms with E-state index in [-0.39, 0.29) is 30.7 Å². The monoisotopic (exact) mass is 556 g/mol. The number of hydrogen-bond acceptors (Lipinski definition) is 8. The second kappa shape index (κ2) is 12.8. The summed E-state index contributed by atoms with van der Waals surface area (Å²) >= 11 is 0. The van der Waals surface area contributed by atoms with Crippen LogP contribution in [0.25, 0.3) is 0 Å². The van der Waals surface area contributed by atoms with Gasteiger partial charge in [0.05, 0.1) is 26.4 Å². The molecule has 0 bridgehead atoms. The summed E-state index contributed by atoms with van der Waals surface area (Å²) < 4.78 is 34.7. The van der Waals surface area contributed by atoms with E-state index >= 15 is 0 Å². The molecular weight excluding hydrogens is 512 g/mol. The second-order valence-electron chi connectivity index (χ2n) is 12.6. The van der Waals surface area contributed by atoms with Gasteiger partial charge in [0.25, 0.3) is 0 Å². The molecule has 0 radical (unpaired) electrons. The van der Waals surface area contributed by atoms with Gasteiger partial charge in [-0.3, -0.25) is 4.79 Å². The summed E-state index contributed by atoms with van der Waals surface area (Å²) in [6, 6.07) is 13.4. The van der Waals surface area contributed by atoms with E-state index in [0.717, 1.165) is 16.7 Å². The molecule has 0 aliphatic carbocycles. The van der Waals surface area contributed by atoms with Crippen molar-refractivity contribution < 1.29 is 38.0 Å². The average molecular weight is 557 g/mol. The first-order chi connectivity index (χ1) is 18.6. The Balaban J connectivity index is 1.78. The van der Waals surface area contributed by atoms with Crippen molar-refractivity contribution in [3.05, 3.63) is 59.2 Å². The van der Waals surface area contributed by atoms with Crippen LogP contribution in [0.4, 0.5) is 0 Å². The lowest BCUT2D eigenvalue weighted by molar-refractivity contribution is -0.177. The molecule has 2 aromatic rings. The molecule has 8 heteroatoms. The maximum atomic E-state index is 13.3. The van der Waals surface area contributed by atoms with Crippen molar-refractivity contribution in [3.8, 4) is 11.5 Å². The third-order valence-corrected chi connectivity index (χ3v) is 6.65. The van der Waals surface area contributed by atoms with Crippen LogP contribution in [0.1, 0.15) is 78.5 Å². The third-order valence-electron chi connectivity index (χ3n) is 6.65. The van der Waals surface area contributed by atoms with Gasteiger partial charge >= 0.3 is 5.97 Å². The standard InChI is InChI=1S/C32H44O8/c1-30(2,3)23-15-22(35-9)16-24(31(4,5)6)28(23)39-29(34)25(33)17-26(27-19-38-32(7,8)40-27)37-20-36-18-21-13-11-10-12-14-21/h10-16,26-27H,17-20H2,1-9H3/t26-,27+/m0/s1. The van der Waals surface area contributed by atoms with Crippen LogP contribution in [0, 0.1) is 0 Å². The zero-order valence-corrected chi connectivity index (χ0v) is 25.3. The normalized spacial score (nSPS) is 17.9. The van der Waals surface area contributed by atoms with Crippen molar-refractivity contribution in [2.75, 3.05) is 20.5 Å². The Hall–Kier alpha value is -2.78. The van der Waals surface area contributed by atoms with E-state index in [2.05, 4.69) is 0 Å². The Labute approximate surface area is 238 Å². The largest absolute Gasteiger partial charge is 0.497 e. The van der Waals surface area contributed by atoms with Crippen molar-refractivity contribution in [2.24, 2.45) is 0 Å². The van der Waals surface area contributed by atoms with Crippen molar-refractivity contribution in [2.45, 2.75) is 97.2 Å². The van der Waals surface area contributed by atoms with Crippen LogP contribution in [-0.4, -0.2) is 50.3 Å². The third kappa shape index (κ3) is 8.61. The molecule has 2 atom stereocenters. The molecule has 0 aromatic heterocycles. The zero-order chi connectivity index (χ0) is 29.7. The lowest BCUT2D eigenvalue weighted by Crippen LogP contribution is -2.38. The van der Waals surface area contributed by atoms with Gasteiger partial charge in [-0.25, -0.2) is 4.79 Å². The number of carbonyl (C=O) groups is 2. The predicted octanol–water partition coefficient (Wildman–Crippen LogP) is 5.87. The molecule has 1 aliphatic heterocycles. The first-order valence-electron chi connectivity index (χ1n) is 13.6. The van der Waals surface area contributed by atoms with Crippen molar-refractivity contribution in [3.63, 3.8) is 0 Å². The fourth-order valence-corrected chi connectivity index (χ4v) is 4.43. The molecule has 0 saturated carbocycles. The number of ether oxygens (including phenoxy) is 6. The van der Waals surface area contributed by atoms with Crippen LogP contribution in [0.2, 0.25) is 0 Å². The van der Waals surface area contributed by atoms with Gasteiger partial charge in [0.2, 0.25) is 5.78 Å². The number of Topliss-reactive ketones (excluding diaryl/α,β-unsaturated/α-hetero) is 1. The average Bonchev–Trinajstić information content (AvgIpc) is 3.24. The number of methoxy groups -OCH3 is 1. The zero-order valence-electron chi connectivity index (χ0n) is 25.3. The smallest absolute Gasteiger partial charge is 0.380 e. The van der Waals surface area contributed by atoms with Crippen LogP contribution in [-0.2, 0) is 46.0 Å². The van der Waals surface area contributed by atoms with Crippen LogP contribution < -0.4 is 9.47 Å². The maximum absolute atomic E-state index is 13.3. The summed E-state index contributed by atoms with van der Waals surface area (Å²) in [4.78, 5) is 26.5. The molecule has 0 N–H and O–H groups in total. The van der Waals surface area contributed by atoms with Gasteiger partial charge in [0.15, 0.2) is 5.79 Å². The molecule has 1 saturated heterocycles. The Bertz CT molecular complexity index is 1120. The molecule has 0 spiro atoms. The lowest BCUT2D eigenvalue weighted by atomic mass is 9.79. The van der Waals surface area contributed by atoms with Gasteiger partial charge in [-0.15, -0.1) is 0 Å². The highest BCUT2D eigenvalue weighted by Crippen LogP contribution is 2.42. The van der Waals surface area contributed by atoms with Gasteiger partial charge in [0, 0.05) is 17.5 Å². The molecule has 8 nitrogen and oxygen atoms in total. The highest BCUT2D eigenvalue weighted by molar-refractivity contribution is 6.34. The molecule has 1 aliphatic rings. The second-order valence-corrected chi connectivity index (χ2v) is 12.6. The summed E-state index contributed by atoms with van der Waals surface area (Å²) in [5.74, 6) is -1.47. The highest BCUT2D eigenvalue weighted by Gasteiger charge is 2.40. The number of carbonyl (C=O) groups excluding carboxylic acids is 2. The summed E-state index contributed by atoms with van der Waals surface area (Å²) in [7, 11) is 1.60. The van der Waals surface area contributed by atoms with E-state index in [1.165, 1.54) is 0 Å². The SMILES string of the molecule is COc1cc(C(C)(C)C)c(OC(=O)C(=O)C[C@H](OCOCc2ccccc2)[C@H]2COC(C)(C)O2)c(C(C)(C)C)c1. The summed E-state index contributed by atoms with van der Waals surface area (Å²) in [5.41, 5.74) is 1.78. The minimum atomic E-state index is -0.960. The van der Waals surface area contributed by atoms with E-state index < -0.39 is 29.7 Å². The Morgan fingerprint density at radius 3 is 2.10 bits per heavy atom. The summed E-state index contributed by atoms with van der Waals surface area (Å²) in [5, 5.41) is 0. The van der Waals surface area contributed by atoms with E-state index in [1.807, 2.05) is 84.0 Å². The van der Waals surface area contributed by atoms with E-state index in [0.29, 0.717) is 18.1 Å². The number of benzene rings is 2. The molecule has 40 heavy (non-hydrogen) atoms. The van der Waals surface area contributed by atoms with Crippen molar-refractivity contribution >= 4 is 11.8 Å². The van der Waals surface area contributed by atoms with E-state index in [1.54, 1.807) is 21.0 Å². The minimum Gasteiger partial charge on any atom is -0.497 e. The highest BCUT2D eigenvalue weighted by atomic mass is 16.8. The van der Waals surface area contributed by atoms with Crippen LogP contribution in [0.5, 0.6) is 11.5 Å². The van der Waals surface area contributed by atoms with Crippen LogP contribution in [0.3, 0.4) is 0 Å². The number of esters is 1. The number of rotatable bonds is 11. The number of hydrogen-bond donors (Lipinski definition) is 0. The fourth-order valence-electron chi connectivity index (χ4n) is 4.43. The summed E-state index contributed by atoms with van der Waals surface area (Å²) in [6.07, 6.45) is -1.57. The van der Waals surface area contributed by atoms with Crippen molar-refractivity contribution in [1.82, 2.24) is 0 Å². The molecule has 3 rings (SSSR count). The molecular formula is C32H44O8. The van der Waals surface area contributed by atoms with Gasteiger partial charge in [0.1, 0.15) is 24.4 Å². The molecule has 0 amide bonds. The molecule has 220 valence electrons. The van der Waals surface area contributed by atoms with Crippen LogP contribution in [0.15, 0.2) is 42.5 Å². The molecule has 2 aromatic carbocycles. The first-order valence-corrected chi connectivity index (χ1v) is 13.6. The summed E-state index contributed by atoms with van der Waals surface area (Å²) in [6.45, 7) is 16.2. The van der Waals surface area contributed by atoms with Gasteiger partial charge in [-0.1, -0.05) is 71.9 Å². The fraction of sp³-hybridized carbons (Fsp3) is 0.562. The lowest BCUT2D eigenvalue weighted by Gasteiger charge is -2.29. The maximum Gasteiger partial charge on any atom is 0.380 e. The first kappa shape index (κ1) is 31.7. The van der Waals surface area contributed by atoms with Gasteiger partial charge in [-0.05, 0) is 42.4 Å². The molecule has 1 heterocycles. The Morgan fingerprint density at radius 2 is 1.60 bits per heavy atom. The molecule has 0 unspecified atom stereocenters. The quantitative estimate of drug-likeness (QED) is 0.112. The minimum absolute atomic E-state index is 0.0804. The van der Waals surface area contributed by atoms with E-state index in [9.17, 15) is 9.59 Å². The Morgan fingerprint density at radius 1 is 1.00 bits per heavy atom. The Kier molecular flexibility index (Phi) is 10.2. The predicted molar refractivity (Wildman–Crippen MR) is 152 cm³/mol. The van der Waals surface area contributed by atoms with Gasteiger partial charge in [-0.2, -0.15) is 0 Å². The molecule has 1 fully saturated rings. The van der Waals surface area contributed by atoms with E-state index in [4.69, 9.17) is 28.4 Å². The topological polar surface area (TPSA) is 89.5 Å². The van der Waals surface area contributed by atoms with Crippen LogP contribution >= 0.6 is 0 Å².